The highest BCUT2D eigenvalue weighted by Gasteiger charge is 2.33. The Balaban J connectivity index is 2.41. The fourth-order valence-electron chi connectivity index (χ4n) is 3.12. The molecule has 1 atom stereocenters. The van der Waals surface area contributed by atoms with E-state index in [-0.39, 0.29) is 23.5 Å². The second-order valence-electron chi connectivity index (χ2n) is 7.48. The standard InChI is InChI=1S/C19H29N3O4/c1-12(23)20-11-15-14-10-17(26-6)16(25-5)9-13(14)7-8-22(15)18(24)21-19(2,3)4/h9-10,15H,7-8,11H2,1-6H3,(H,20,23)(H,21,24)/t15-/m0/s1. The van der Waals surface area contributed by atoms with Gasteiger partial charge >= 0.3 is 6.03 Å². The first kappa shape index (κ1) is 19.9. The van der Waals surface area contributed by atoms with Crippen molar-refractivity contribution in [1.82, 2.24) is 15.5 Å². The van der Waals surface area contributed by atoms with E-state index >= 15 is 0 Å². The molecule has 0 saturated carbocycles. The molecule has 1 aromatic carbocycles. The van der Waals surface area contributed by atoms with E-state index in [2.05, 4.69) is 10.6 Å². The molecule has 1 aliphatic heterocycles. The topological polar surface area (TPSA) is 79.9 Å². The van der Waals surface area contributed by atoms with Crippen LogP contribution in [-0.2, 0) is 11.2 Å². The molecule has 7 heteroatoms. The third kappa shape index (κ3) is 4.59. The van der Waals surface area contributed by atoms with E-state index in [1.165, 1.54) is 6.92 Å². The van der Waals surface area contributed by atoms with Crippen molar-refractivity contribution in [1.29, 1.82) is 0 Å². The minimum absolute atomic E-state index is 0.131. The van der Waals surface area contributed by atoms with Crippen LogP contribution in [0, 0.1) is 0 Å². The van der Waals surface area contributed by atoms with Crippen molar-refractivity contribution < 1.29 is 19.1 Å². The zero-order valence-corrected chi connectivity index (χ0v) is 16.4. The van der Waals surface area contributed by atoms with Crippen LogP contribution in [-0.4, -0.2) is 49.7 Å². The summed E-state index contributed by atoms with van der Waals surface area (Å²) in [5, 5.41) is 5.84. The number of carbonyl (C=O) groups excluding carboxylic acids is 2. The van der Waals surface area contributed by atoms with Crippen molar-refractivity contribution in [3.05, 3.63) is 23.3 Å². The molecule has 0 unspecified atom stereocenters. The highest BCUT2D eigenvalue weighted by molar-refractivity contribution is 5.77. The van der Waals surface area contributed by atoms with Gasteiger partial charge in [0, 0.05) is 25.6 Å². The van der Waals surface area contributed by atoms with Gasteiger partial charge in [-0.2, -0.15) is 0 Å². The summed E-state index contributed by atoms with van der Waals surface area (Å²) in [6, 6.07) is 3.43. The predicted molar refractivity (Wildman–Crippen MR) is 99.7 cm³/mol. The maximum atomic E-state index is 12.8. The second-order valence-corrected chi connectivity index (χ2v) is 7.48. The summed E-state index contributed by atoms with van der Waals surface area (Å²) in [5.74, 6) is 1.14. The summed E-state index contributed by atoms with van der Waals surface area (Å²) in [6.07, 6.45) is 0.712. The molecule has 2 N–H and O–H groups in total. The quantitative estimate of drug-likeness (QED) is 0.860. The normalized spacial score (nSPS) is 16.5. The lowest BCUT2D eigenvalue weighted by Crippen LogP contribution is -2.53. The van der Waals surface area contributed by atoms with Gasteiger partial charge < -0.3 is 25.0 Å². The molecule has 0 aromatic heterocycles. The number of fused-ring (bicyclic) bond motifs is 1. The maximum Gasteiger partial charge on any atom is 0.318 e. The number of hydrogen-bond donors (Lipinski definition) is 2. The first-order valence-corrected chi connectivity index (χ1v) is 8.74. The van der Waals surface area contributed by atoms with Crippen LogP contribution in [0.3, 0.4) is 0 Å². The Morgan fingerprint density at radius 1 is 1.19 bits per heavy atom. The summed E-state index contributed by atoms with van der Waals surface area (Å²) in [4.78, 5) is 26.0. The molecule has 1 heterocycles. The molecular formula is C19H29N3O4. The third-order valence-corrected chi connectivity index (χ3v) is 4.29. The number of ether oxygens (including phenoxy) is 2. The van der Waals surface area contributed by atoms with Crippen LogP contribution < -0.4 is 20.1 Å². The first-order chi connectivity index (χ1) is 12.2. The molecule has 0 radical (unpaired) electrons. The fraction of sp³-hybridized carbons (Fsp3) is 0.579. The molecule has 0 spiro atoms. The van der Waals surface area contributed by atoms with Crippen LogP contribution in [0.1, 0.15) is 44.9 Å². The van der Waals surface area contributed by atoms with E-state index in [4.69, 9.17) is 9.47 Å². The van der Waals surface area contributed by atoms with Gasteiger partial charge in [0.2, 0.25) is 5.91 Å². The van der Waals surface area contributed by atoms with Crippen LogP contribution in [0.5, 0.6) is 11.5 Å². The number of benzene rings is 1. The van der Waals surface area contributed by atoms with Crippen LogP contribution in [0.15, 0.2) is 12.1 Å². The maximum absolute atomic E-state index is 12.8. The Hall–Kier alpha value is -2.44. The number of hydrogen-bond acceptors (Lipinski definition) is 4. The van der Waals surface area contributed by atoms with Gasteiger partial charge in [0.25, 0.3) is 0 Å². The average molecular weight is 363 g/mol. The Kier molecular flexibility index (Phi) is 6.00. The van der Waals surface area contributed by atoms with Gasteiger partial charge in [-0.15, -0.1) is 0 Å². The van der Waals surface area contributed by atoms with Crippen LogP contribution >= 0.6 is 0 Å². The molecule has 0 saturated heterocycles. The molecule has 2 rings (SSSR count). The lowest BCUT2D eigenvalue weighted by molar-refractivity contribution is -0.119. The Bertz CT molecular complexity index is 682. The smallest absolute Gasteiger partial charge is 0.318 e. The van der Waals surface area contributed by atoms with Gasteiger partial charge in [-0.25, -0.2) is 4.79 Å². The molecule has 1 aliphatic rings. The summed E-state index contributed by atoms with van der Waals surface area (Å²) < 4.78 is 10.8. The van der Waals surface area contributed by atoms with Gasteiger partial charge in [0.15, 0.2) is 11.5 Å². The lowest BCUT2D eigenvalue weighted by atomic mass is 9.91. The summed E-state index contributed by atoms with van der Waals surface area (Å²) in [6.45, 7) is 8.21. The molecule has 3 amide bonds. The minimum atomic E-state index is -0.340. The number of nitrogens with one attached hydrogen (secondary N) is 2. The van der Waals surface area contributed by atoms with E-state index in [1.54, 1.807) is 19.1 Å². The number of methoxy groups -OCH3 is 2. The fourth-order valence-corrected chi connectivity index (χ4v) is 3.12. The van der Waals surface area contributed by atoms with Crippen molar-refractivity contribution in [3.8, 4) is 11.5 Å². The Morgan fingerprint density at radius 3 is 2.35 bits per heavy atom. The lowest BCUT2D eigenvalue weighted by Gasteiger charge is -2.39. The number of carbonyl (C=O) groups is 2. The molecular weight excluding hydrogens is 334 g/mol. The zero-order valence-electron chi connectivity index (χ0n) is 16.4. The molecule has 7 nitrogen and oxygen atoms in total. The molecule has 0 aliphatic carbocycles. The van der Waals surface area contributed by atoms with E-state index < -0.39 is 0 Å². The SMILES string of the molecule is COc1cc2c(cc1OC)[C@H](CNC(C)=O)N(C(=O)NC(C)(C)C)CC2. The van der Waals surface area contributed by atoms with Crippen molar-refractivity contribution in [2.24, 2.45) is 0 Å². The summed E-state index contributed by atoms with van der Waals surface area (Å²) in [7, 11) is 3.19. The summed E-state index contributed by atoms with van der Waals surface area (Å²) in [5.41, 5.74) is 1.72. The van der Waals surface area contributed by atoms with Crippen molar-refractivity contribution in [2.75, 3.05) is 27.3 Å². The second kappa shape index (κ2) is 7.85. The van der Waals surface area contributed by atoms with E-state index in [0.29, 0.717) is 31.0 Å². The van der Waals surface area contributed by atoms with E-state index in [1.807, 2.05) is 32.9 Å². The van der Waals surface area contributed by atoms with E-state index in [9.17, 15) is 9.59 Å². The predicted octanol–water partition coefficient (Wildman–Crippen LogP) is 2.25. The van der Waals surface area contributed by atoms with Gasteiger partial charge in [-0.1, -0.05) is 0 Å². The number of amides is 3. The van der Waals surface area contributed by atoms with Gasteiger partial charge in [0.1, 0.15) is 0 Å². The molecule has 0 fully saturated rings. The summed E-state index contributed by atoms with van der Waals surface area (Å²) >= 11 is 0. The number of nitrogens with zero attached hydrogens (tertiary/aromatic N) is 1. The minimum Gasteiger partial charge on any atom is -0.493 e. The van der Waals surface area contributed by atoms with Gasteiger partial charge in [-0.3, -0.25) is 4.79 Å². The van der Waals surface area contributed by atoms with Crippen LogP contribution in [0.2, 0.25) is 0 Å². The number of rotatable bonds is 4. The van der Waals surface area contributed by atoms with Gasteiger partial charge in [0.05, 0.1) is 20.3 Å². The van der Waals surface area contributed by atoms with Crippen molar-refractivity contribution in [2.45, 2.75) is 45.7 Å². The molecule has 26 heavy (non-hydrogen) atoms. The average Bonchev–Trinajstić information content (AvgIpc) is 2.56. The van der Waals surface area contributed by atoms with Crippen LogP contribution in [0.4, 0.5) is 4.79 Å². The van der Waals surface area contributed by atoms with Crippen molar-refractivity contribution in [3.63, 3.8) is 0 Å². The number of urea groups is 1. The molecule has 0 bridgehead atoms. The van der Waals surface area contributed by atoms with Crippen molar-refractivity contribution >= 4 is 11.9 Å². The largest absolute Gasteiger partial charge is 0.493 e. The van der Waals surface area contributed by atoms with Gasteiger partial charge in [-0.05, 0) is 50.5 Å². The van der Waals surface area contributed by atoms with E-state index in [0.717, 1.165) is 11.1 Å². The Labute approximate surface area is 155 Å². The van der Waals surface area contributed by atoms with Crippen LogP contribution in [0.25, 0.3) is 0 Å². The monoisotopic (exact) mass is 363 g/mol. The Morgan fingerprint density at radius 2 is 1.81 bits per heavy atom. The molecule has 144 valence electrons. The first-order valence-electron chi connectivity index (χ1n) is 8.74. The highest BCUT2D eigenvalue weighted by Crippen LogP contribution is 2.38. The highest BCUT2D eigenvalue weighted by atomic mass is 16.5. The molecule has 1 aromatic rings. The zero-order chi connectivity index (χ0) is 19.5. The third-order valence-electron chi connectivity index (χ3n) is 4.29.